The summed E-state index contributed by atoms with van der Waals surface area (Å²) >= 11 is 0. The quantitative estimate of drug-likeness (QED) is 0.734. The second-order valence-electron chi connectivity index (χ2n) is 8.02. The molecule has 1 fully saturated rings. The Bertz CT molecular complexity index is 1100. The Morgan fingerprint density at radius 3 is 2.45 bits per heavy atom. The van der Waals surface area contributed by atoms with Crippen LogP contribution < -0.4 is 10.3 Å². The molecule has 1 saturated heterocycles. The number of aromatic nitrogens is 3. The minimum Gasteiger partial charge on any atom is -0.487 e. The molecule has 1 aliphatic rings. The smallest absolute Gasteiger partial charge is 0.410 e. The molecule has 1 aliphatic heterocycles. The number of nitrogens with zero attached hydrogens (tertiary/aromatic N) is 6. The lowest BCUT2D eigenvalue weighted by molar-refractivity contribution is 0.0126. The highest BCUT2D eigenvalue weighted by molar-refractivity contribution is 5.68. The van der Waals surface area contributed by atoms with Crippen LogP contribution in [0, 0.1) is 22.7 Å². The van der Waals surface area contributed by atoms with Crippen molar-refractivity contribution < 1.29 is 14.3 Å². The van der Waals surface area contributed by atoms with Crippen LogP contribution in [0.3, 0.4) is 0 Å². The summed E-state index contributed by atoms with van der Waals surface area (Å²) in [4.78, 5) is 30.2. The molecule has 1 amide bonds. The van der Waals surface area contributed by atoms with Gasteiger partial charge in [-0.3, -0.25) is 4.79 Å². The summed E-state index contributed by atoms with van der Waals surface area (Å²) < 4.78 is 12.3. The van der Waals surface area contributed by atoms with Gasteiger partial charge in [-0.1, -0.05) is 0 Å². The zero-order valence-electron chi connectivity index (χ0n) is 17.5. The average Bonchev–Trinajstić information content (AvgIpc) is 2.73. The number of likely N-dealkylation sites (tertiary alicyclic amines) is 1. The van der Waals surface area contributed by atoms with E-state index in [2.05, 4.69) is 10.1 Å². The second-order valence-corrected chi connectivity index (χ2v) is 8.02. The van der Waals surface area contributed by atoms with Crippen LogP contribution in [0.25, 0.3) is 5.69 Å². The predicted molar refractivity (Wildman–Crippen MR) is 109 cm³/mol. The monoisotopic (exact) mass is 422 g/mol. The van der Waals surface area contributed by atoms with Gasteiger partial charge in [-0.25, -0.2) is 9.78 Å². The summed E-state index contributed by atoms with van der Waals surface area (Å²) in [5.74, 6) is 0.0982. The van der Waals surface area contributed by atoms with E-state index in [4.69, 9.17) is 14.7 Å². The molecule has 0 radical (unpaired) electrons. The lowest BCUT2D eigenvalue weighted by atomic mass is 10.1. The van der Waals surface area contributed by atoms with Gasteiger partial charge < -0.3 is 14.4 Å². The molecule has 0 bridgehead atoms. The van der Waals surface area contributed by atoms with Gasteiger partial charge in [0.2, 0.25) is 5.69 Å². The Labute approximate surface area is 179 Å². The van der Waals surface area contributed by atoms with Crippen LogP contribution >= 0.6 is 0 Å². The van der Waals surface area contributed by atoms with Crippen molar-refractivity contribution in [2.45, 2.75) is 45.3 Å². The molecule has 0 atom stereocenters. The first kappa shape index (κ1) is 21.8. The Morgan fingerprint density at radius 2 is 1.90 bits per heavy atom. The number of amides is 1. The van der Waals surface area contributed by atoms with E-state index in [0.29, 0.717) is 31.6 Å². The number of carbonyl (C=O) groups is 1. The van der Waals surface area contributed by atoms with Gasteiger partial charge in [0.05, 0.1) is 18.0 Å². The van der Waals surface area contributed by atoms with Crippen molar-refractivity contribution in [3.8, 4) is 23.6 Å². The summed E-state index contributed by atoms with van der Waals surface area (Å²) in [6.07, 6.45) is 1.77. The fourth-order valence-corrected chi connectivity index (χ4v) is 3.03. The zero-order valence-corrected chi connectivity index (χ0v) is 17.5. The molecule has 3 heterocycles. The molecular weight excluding hydrogens is 400 g/mol. The van der Waals surface area contributed by atoms with Crippen LogP contribution in [-0.2, 0) is 4.74 Å². The van der Waals surface area contributed by atoms with E-state index in [9.17, 15) is 14.9 Å². The molecule has 31 heavy (non-hydrogen) atoms. The van der Waals surface area contributed by atoms with Crippen molar-refractivity contribution in [2.75, 3.05) is 13.1 Å². The maximum atomic E-state index is 12.5. The summed E-state index contributed by atoms with van der Waals surface area (Å²) in [7, 11) is 0. The molecular formula is C21H22N6O4. The van der Waals surface area contributed by atoms with Gasteiger partial charge in [0.25, 0.3) is 5.56 Å². The summed E-state index contributed by atoms with van der Waals surface area (Å²) in [5, 5.41) is 22.4. The number of carbonyl (C=O) groups excluding carboxylic acids is 1. The molecule has 0 aromatic carbocycles. The predicted octanol–water partition coefficient (Wildman–Crippen LogP) is 2.15. The number of ether oxygens (including phenoxy) is 2. The minimum absolute atomic E-state index is 0.0430. The first-order chi connectivity index (χ1) is 14.7. The topological polar surface area (TPSA) is 134 Å². The highest BCUT2D eigenvalue weighted by atomic mass is 16.6. The maximum Gasteiger partial charge on any atom is 0.410 e. The van der Waals surface area contributed by atoms with Gasteiger partial charge in [-0.2, -0.15) is 15.2 Å². The highest BCUT2D eigenvalue weighted by Crippen LogP contribution is 2.22. The molecule has 10 nitrogen and oxygen atoms in total. The van der Waals surface area contributed by atoms with Crippen molar-refractivity contribution >= 4 is 6.09 Å². The van der Waals surface area contributed by atoms with E-state index < -0.39 is 11.2 Å². The van der Waals surface area contributed by atoms with Crippen LogP contribution in [-0.4, -0.2) is 50.6 Å². The largest absolute Gasteiger partial charge is 0.487 e. The van der Waals surface area contributed by atoms with Gasteiger partial charge in [0.15, 0.2) is 5.75 Å². The number of piperidine rings is 1. The van der Waals surface area contributed by atoms with E-state index in [1.54, 1.807) is 4.90 Å². The SMILES string of the molecule is CC(C)(C)OC(=O)N1CCC(Oc2cc(=O)n(-c3ccc(C#N)nc3)nc2C#N)CC1. The van der Waals surface area contributed by atoms with Crippen molar-refractivity contribution in [1.82, 2.24) is 19.7 Å². The third kappa shape index (κ3) is 5.37. The van der Waals surface area contributed by atoms with Crippen molar-refractivity contribution in [2.24, 2.45) is 0 Å². The molecule has 3 rings (SSSR count). The van der Waals surface area contributed by atoms with Crippen molar-refractivity contribution in [3.05, 3.63) is 46.1 Å². The van der Waals surface area contributed by atoms with Crippen molar-refractivity contribution in [1.29, 1.82) is 10.5 Å². The number of nitriles is 2. The zero-order chi connectivity index (χ0) is 22.6. The van der Waals surface area contributed by atoms with Crippen LogP contribution in [0.4, 0.5) is 4.79 Å². The van der Waals surface area contributed by atoms with E-state index >= 15 is 0 Å². The van der Waals surface area contributed by atoms with E-state index in [1.807, 2.05) is 32.9 Å². The van der Waals surface area contributed by atoms with Crippen molar-refractivity contribution in [3.63, 3.8) is 0 Å². The fourth-order valence-electron chi connectivity index (χ4n) is 3.03. The van der Waals surface area contributed by atoms with Crippen LogP contribution in [0.5, 0.6) is 5.75 Å². The second kappa shape index (κ2) is 8.84. The van der Waals surface area contributed by atoms with Crippen LogP contribution in [0.15, 0.2) is 29.2 Å². The van der Waals surface area contributed by atoms with Gasteiger partial charge in [-0.15, -0.1) is 5.10 Å². The van der Waals surface area contributed by atoms with Gasteiger partial charge in [0, 0.05) is 25.9 Å². The Balaban J connectivity index is 1.71. The molecule has 0 aliphatic carbocycles. The molecule has 0 saturated carbocycles. The molecule has 160 valence electrons. The fraction of sp³-hybridized carbons (Fsp3) is 0.429. The molecule has 0 spiro atoms. The van der Waals surface area contributed by atoms with Crippen LogP contribution in [0.1, 0.15) is 45.0 Å². The number of rotatable bonds is 3. The molecule has 10 heteroatoms. The molecule has 0 N–H and O–H groups in total. The van der Waals surface area contributed by atoms with Gasteiger partial charge in [0.1, 0.15) is 29.5 Å². The average molecular weight is 422 g/mol. The first-order valence-corrected chi connectivity index (χ1v) is 9.76. The number of pyridine rings is 1. The normalized spacial score (nSPS) is 14.4. The lowest BCUT2D eigenvalue weighted by Crippen LogP contribution is -2.44. The first-order valence-electron chi connectivity index (χ1n) is 9.76. The Morgan fingerprint density at radius 1 is 1.19 bits per heavy atom. The molecule has 2 aromatic heterocycles. The maximum absolute atomic E-state index is 12.5. The van der Waals surface area contributed by atoms with E-state index in [-0.39, 0.29) is 29.3 Å². The summed E-state index contributed by atoms with van der Waals surface area (Å²) in [5.41, 5.74) is -0.565. The minimum atomic E-state index is -0.563. The van der Waals surface area contributed by atoms with E-state index in [0.717, 1.165) is 4.68 Å². The third-order valence-corrected chi connectivity index (χ3v) is 4.50. The van der Waals surface area contributed by atoms with Crippen LogP contribution in [0.2, 0.25) is 0 Å². The van der Waals surface area contributed by atoms with Gasteiger partial charge in [-0.05, 0) is 32.9 Å². The lowest BCUT2D eigenvalue weighted by Gasteiger charge is -2.33. The van der Waals surface area contributed by atoms with E-state index in [1.165, 1.54) is 24.4 Å². The highest BCUT2D eigenvalue weighted by Gasteiger charge is 2.28. The number of hydrogen-bond acceptors (Lipinski definition) is 8. The summed E-state index contributed by atoms with van der Waals surface area (Å²) in [6.45, 7) is 6.33. The third-order valence-electron chi connectivity index (χ3n) is 4.50. The standard InChI is InChI=1S/C21H22N6O4/c1-21(2,3)31-20(29)26-8-6-16(7-9-26)30-18-10-19(28)27(25-17(18)12-23)15-5-4-14(11-22)24-13-15/h4-5,10,13,16H,6-9H2,1-3H3. The summed E-state index contributed by atoms with van der Waals surface area (Å²) in [6, 6.07) is 8.03. The van der Waals surface area contributed by atoms with Gasteiger partial charge >= 0.3 is 6.09 Å². The number of hydrogen-bond donors (Lipinski definition) is 0. The molecule has 0 unspecified atom stereocenters. The Kier molecular flexibility index (Phi) is 6.21. The molecule has 2 aromatic rings. The Hall–Kier alpha value is -3.92.